The lowest BCUT2D eigenvalue weighted by molar-refractivity contribution is 0.580. The molecule has 2 heterocycles. The summed E-state index contributed by atoms with van der Waals surface area (Å²) in [6.45, 7) is 0.447. The number of hydrogen-bond donors (Lipinski definition) is 2. The zero-order valence-electron chi connectivity index (χ0n) is 17.7. The van der Waals surface area contributed by atoms with Crippen molar-refractivity contribution < 1.29 is 12.8 Å². The van der Waals surface area contributed by atoms with Crippen molar-refractivity contribution in [2.75, 3.05) is 25.5 Å². The Morgan fingerprint density at radius 1 is 1.00 bits per heavy atom. The Morgan fingerprint density at radius 3 is 2.59 bits per heavy atom. The van der Waals surface area contributed by atoms with Crippen LogP contribution in [-0.2, 0) is 10.0 Å². The molecule has 0 saturated heterocycles. The van der Waals surface area contributed by atoms with Crippen molar-refractivity contribution >= 4 is 43.2 Å². The van der Waals surface area contributed by atoms with Gasteiger partial charge in [-0.15, -0.1) is 0 Å². The van der Waals surface area contributed by atoms with E-state index in [0.717, 1.165) is 16.6 Å². The van der Waals surface area contributed by atoms with Crippen LogP contribution < -0.4 is 14.9 Å². The predicted molar refractivity (Wildman–Crippen MR) is 127 cm³/mol. The molecule has 1 aliphatic heterocycles. The van der Waals surface area contributed by atoms with Gasteiger partial charge < -0.3 is 14.6 Å². The maximum atomic E-state index is 13.3. The molecule has 0 spiro atoms. The average Bonchev–Trinajstić information content (AvgIpc) is 3.22. The van der Waals surface area contributed by atoms with Gasteiger partial charge in [0.1, 0.15) is 11.3 Å². The lowest BCUT2D eigenvalue weighted by Crippen LogP contribution is -2.33. The molecule has 5 rings (SSSR count). The van der Waals surface area contributed by atoms with Gasteiger partial charge in [-0.25, -0.2) is 13.4 Å². The van der Waals surface area contributed by atoms with Crippen molar-refractivity contribution in [3.8, 4) is 0 Å². The number of oxazole rings is 1. The lowest BCUT2D eigenvalue weighted by atomic mass is 10.1. The van der Waals surface area contributed by atoms with E-state index < -0.39 is 10.0 Å². The van der Waals surface area contributed by atoms with Gasteiger partial charge in [-0.1, -0.05) is 42.5 Å². The van der Waals surface area contributed by atoms with Gasteiger partial charge >= 0.3 is 0 Å². The summed E-state index contributed by atoms with van der Waals surface area (Å²) in [5.41, 5.74) is 3.11. The van der Waals surface area contributed by atoms with E-state index in [0.29, 0.717) is 34.8 Å². The number of sulfonamides is 1. The van der Waals surface area contributed by atoms with Crippen LogP contribution in [0.2, 0.25) is 0 Å². The number of rotatable bonds is 5. The van der Waals surface area contributed by atoms with E-state index in [1.807, 2.05) is 73.6 Å². The van der Waals surface area contributed by atoms with Gasteiger partial charge in [0, 0.05) is 42.7 Å². The molecular formula is C24H22N4O3S. The van der Waals surface area contributed by atoms with Crippen LogP contribution >= 0.6 is 0 Å². The van der Waals surface area contributed by atoms with Crippen molar-refractivity contribution in [1.29, 1.82) is 0 Å². The number of benzene rings is 3. The lowest BCUT2D eigenvalue weighted by Gasteiger charge is -2.19. The number of anilines is 1. The topological polar surface area (TPSA) is 87.5 Å². The molecule has 0 fully saturated rings. The van der Waals surface area contributed by atoms with Crippen LogP contribution in [0, 0.1) is 0 Å². The Hall–Kier alpha value is -3.78. The average molecular weight is 447 g/mol. The number of dihydropyridines is 1. The summed E-state index contributed by atoms with van der Waals surface area (Å²) in [6, 6.07) is 18.5. The van der Waals surface area contributed by atoms with Gasteiger partial charge in [0.05, 0.1) is 4.90 Å². The Bertz CT molecular complexity index is 1470. The van der Waals surface area contributed by atoms with Crippen LogP contribution in [-0.4, -0.2) is 34.0 Å². The van der Waals surface area contributed by atoms with E-state index in [1.54, 1.807) is 18.2 Å². The molecule has 32 heavy (non-hydrogen) atoms. The second-order valence-corrected chi connectivity index (χ2v) is 9.36. The smallest absolute Gasteiger partial charge is 0.263 e. The minimum absolute atomic E-state index is 0.222. The third-order valence-electron chi connectivity index (χ3n) is 5.33. The third kappa shape index (κ3) is 3.58. The Balaban J connectivity index is 1.49. The fourth-order valence-electron chi connectivity index (χ4n) is 3.84. The number of hydrogen-bond acceptors (Lipinski definition) is 6. The normalized spacial score (nSPS) is 14.1. The van der Waals surface area contributed by atoms with Gasteiger partial charge in [0.25, 0.3) is 10.0 Å². The highest BCUT2D eigenvalue weighted by Gasteiger charge is 2.21. The molecular weight excluding hydrogens is 424 g/mol. The summed E-state index contributed by atoms with van der Waals surface area (Å²) in [6.07, 6.45) is 3.60. The van der Waals surface area contributed by atoms with Crippen molar-refractivity contribution in [3.05, 3.63) is 84.5 Å². The molecule has 3 aromatic carbocycles. The van der Waals surface area contributed by atoms with E-state index in [1.165, 1.54) is 0 Å². The molecule has 2 N–H and O–H groups in total. The highest BCUT2D eigenvalue weighted by Crippen LogP contribution is 2.30. The molecule has 0 amide bonds. The Kier molecular flexibility index (Phi) is 4.86. The van der Waals surface area contributed by atoms with Crippen molar-refractivity contribution in [2.24, 2.45) is 0 Å². The number of nitrogens with one attached hydrogen (secondary N) is 2. The van der Waals surface area contributed by atoms with Crippen LogP contribution in [0.4, 0.5) is 5.69 Å². The second kappa shape index (κ2) is 7.72. The van der Waals surface area contributed by atoms with Crippen LogP contribution in [0.1, 0.15) is 5.89 Å². The Labute approximate surface area is 186 Å². The maximum absolute atomic E-state index is 13.3. The molecule has 0 atom stereocenters. The zero-order chi connectivity index (χ0) is 22.3. The molecule has 0 unspecified atom stereocenters. The first-order valence-electron chi connectivity index (χ1n) is 10.2. The highest BCUT2D eigenvalue weighted by molar-refractivity contribution is 7.89. The fourth-order valence-corrected chi connectivity index (χ4v) is 5.09. The van der Waals surface area contributed by atoms with Gasteiger partial charge in [-0.2, -0.15) is 0 Å². The molecule has 7 nitrogen and oxygen atoms in total. The van der Waals surface area contributed by atoms with Crippen LogP contribution in [0.3, 0.4) is 0 Å². The van der Waals surface area contributed by atoms with Crippen molar-refractivity contribution in [2.45, 2.75) is 4.90 Å². The maximum Gasteiger partial charge on any atom is 0.263 e. The van der Waals surface area contributed by atoms with Crippen LogP contribution in [0.25, 0.3) is 27.4 Å². The predicted octanol–water partition coefficient (Wildman–Crippen LogP) is 3.85. The second-order valence-electron chi connectivity index (χ2n) is 7.71. The number of nitrogens with zero attached hydrogens (tertiary/aromatic N) is 2. The van der Waals surface area contributed by atoms with E-state index in [-0.39, 0.29) is 4.90 Å². The first-order chi connectivity index (χ1) is 15.4. The summed E-state index contributed by atoms with van der Waals surface area (Å²) in [5.74, 6) is 0.815. The summed E-state index contributed by atoms with van der Waals surface area (Å²) in [7, 11) is 0.0341. The number of fused-ring (bicyclic) bond motifs is 2. The largest absolute Gasteiger partial charge is 0.436 e. The summed E-state index contributed by atoms with van der Waals surface area (Å²) >= 11 is 0. The van der Waals surface area contributed by atoms with Gasteiger partial charge in [-0.3, -0.25) is 4.72 Å². The van der Waals surface area contributed by atoms with E-state index in [9.17, 15) is 8.42 Å². The summed E-state index contributed by atoms with van der Waals surface area (Å²) in [4.78, 5) is 6.69. The SMILES string of the molecule is CN(C)c1cccc2c(S(=O)(=O)NC3=CC(c4nc5ccccc5o4)=CCN3)cccc12. The molecule has 0 saturated carbocycles. The van der Waals surface area contributed by atoms with Gasteiger partial charge in [0.2, 0.25) is 5.89 Å². The van der Waals surface area contributed by atoms with E-state index in [4.69, 9.17) is 4.42 Å². The number of aromatic nitrogens is 1. The molecule has 0 radical (unpaired) electrons. The molecule has 8 heteroatoms. The fraction of sp³-hybridized carbons (Fsp3) is 0.125. The number of allylic oxidation sites excluding steroid dienone is 2. The van der Waals surface area contributed by atoms with Crippen molar-refractivity contribution in [3.63, 3.8) is 0 Å². The highest BCUT2D eigenvalue weighted by atomic mass is 32.2. The molecule has 4 aromatic rings. The third-order valence-corrected chi connectivity index (χ3v) is 6.75. The Morgan fingerprint density at radius 2 is 1.78 bits per heavy atom. The van der Waals surface area contributed by atoms with E-state index >= 15 is 0 Å². The molecule has 0 aliphatic carbocycles. The summed E-state index contributed by atoms with van der Waals surface area (Å²) in [5, 5.41) is 4.61. The minimum Gasteiger partial charge on any atom is -0.436 e. The minimum atomic E-state index is -3.84. The van der Waals surface area contributed by atoms with Gasteiger partial charge in [-0.05, 0) is 30.3 Å². The molecule has 0 bridgehead atoms. The van der Waals surface area contributed by atoms with Gasteiger partial charge in [0.15, 0.2) is 5.58 Å². The molecule has 162 valence electrons. The quantitative estimate of drug-likeness (QED) is 0.484. The first-order valence-corrected chi connectivity index (χ1v) is 11.6. The van der Waals surface area contributed by atoms with E-state index in [2.05, 4.69) is 15.0 Å². The zero-order valence-corrected chi connectivity index (χ0v) is 18.5. The molecule has 1 aromatic heterocycles. The summed E-state index contributed by atoms with van der Waals surface area (Å²) < 4.78 is 35.1. The van der Waals surface area contributed by atoms with Crippen LogP contribution in [0.5, 0.6) is 0 Å². The first kappa shape index (κ1) is 20.1. The van der Waals surface area contributed by atoms with Crippen LogP contribution in [0.15, 0.2) is 87.9 Å². The monoisotopic (exact) mass is 446 g/mol. The number of para-hydroxylation sites is 2. The standard InChI is InChI=1S/C24H22N4O3S/c1-28(2)20-10-5-8-18-17(20)7-6-12-22(18)32(29,30)27-23-15-16(13-14-25-23)24-26-19-9-3-4-11-21(19)31-24/h3-13,15,25,27H,14H2,1-2H3. The van der Waals surface area contributed by atoms with Crippen molar-refractivity contribution in [1.82, 2.24) is 15.0 Å². The molecule has 1 aliphatic rings.